The Kier molecular flexibility index (Phi) is 10.8. The number of hydrogen-bond acceptors (Lipinski definition) is 4. The molecule has 3 aromatic carbocycles. The number of carbonyl (C=O) groups excluding carboxylic acids is 2. The van der Waals surface area contributed by atoms with Gasteiger partial charge in [0, 0.05) is 13.1 Å². The number of sulfonamides is 1. The van der Waals surface area contributed by atoms with Crippen LogP contribution in [0.25, 0.3) is 0 Å². The van der Waals surface area contributed by atoms with E-state index in [9.17, 15) is 31.2 Å². The molecule has 1 N–H and O–H groups in total. The van der Waals surface area contributed by atoms with Gasteiger partial charge in [0.25, 0.3) is 10.0 Å². The van der Waals surface area contributed by atoms with Crippen molar-refractivity contribution in [3.8, 4) is 0 Å². The van der Waals surface area contributed by atoms with Gasteiger partial charge in [-0.15, -0.1) is 0 Å². The first-order chi connectivity index (χ1) is 19.4. The second-order valence-corrected chi connectivity index (χ2v) is 11.4. The lowest BCUT2D eigenvalue weighted by atomic mass is 10.1. The molecule has 0 saturated heterocycles. The third kappa shape index (κ3) is 8.01. The van der Waals surface area contributed by atoms with Crippen molar-refractivity contribution in [2.24, 2.45) is 0 Å². The summed E-state index contributed by atoms with van der Waals surface area (Å²) in [6, 6.07) is 18.0. The number of carbonyl (C=O) groups is 2. The maximum Gasteiger partial charge on any atom is 0.417 e. The van der Waals surface area contributed by atoms with Gasteiger partial charge in [0.15, 0.2) is 0 Å². The molecule has 0 aliphatic carbocycles. The molecule has 7 nitrogen and oxygen atoms in total. The molecule has 0 unspecified atom stereocenters. The van der Waals surface area contributed by atoms with Gasteiger partial charge in [-0.1, -0.05) is 67.1 Å². The standard InChI is InChI=1S/C29H31ClF3N3O4S/c1-3-26(28(38)34-4-2)35(18-17-21-11-7-5-8-12-21)27(37)20-36(41(39,40)23-13-9-6-10-14-23)22-15-16-25(30)24(19-22)29(31,32)33/h5-16,19,26H,3-4,17-18,20H2,1-2H3,(H,34,38)/t26-/m0/s1. The van der Waals surface area contributed by atoms with Crippen molar-refractivity contribution in [2.45, 2.75) is 43.8 Å². The van der Waals surface area contributed by atoms with E-state index >= 15 is 0 Å². The first-order valence-corrected chi connectivity index (χ1v) is 14.8. The van der Waals surface area contributed by atoms with Crippen molar-refractivity contribution >= 4 is 39.1 Å². The zero-order chi connectivity index (χ0) is 30.2. The number of anilines is 1. The molecule has 3 aromatic rings. The highest BCUT2D eigenvalue weighted by atomic mass is 35.5. The lowest BCUT2D eigenvalue weighted by Crippen LogP contribution is -2.53. The van der Waals surface area contributed by atoms with Crippen molar-refractivity contribution in [3.05, 3.63) is 95.0 Å². The molecule has 0 radical (unpaired) electrons. The predicted octanol–water partition coefficient (Wildman–Crippen LogP) is 5.54. The van der Waals surface area contributed by atoms with E-state index in [1.54, 1.807) is 19.9 Å². The number of nitrogens with one attached hydrogen (secondary N) is 1. The van der Waals surface area contributed by atoms with Crippen LogP contribution in [0.15, 0.2) is 83.8 Å². The van der Waals surface area contributed by atoms with Gasteiger partial charge >= 0.3 is 6.18 Å². The van der Waals surface area contributed by atoms with Crippen LogP contribution in [0.4, 0.5) is 18.9 Å². The summed E-state index contributed by atoms with van der Waals surface area (Å²) in [5, 5.41) is 2.08. The second kappa shape index (κ2) is 13.9. The summed E-state index contributed by atoms with van der Waals surface area (Å²) in [6.45, 7) is 2.99. The minimum atomic E-state index is -4.87. The number of nitrogens with zero attached hydrogens (tertiary/aromatic N) is 2. The predicted molar refractivity (Wildman–Crippen MR) is 152 cm³/mol. The third-order valence-corrected chi connectivity index (χ3v) is 8.49. The summed E-state index contributed by atoms with van der Waals surface area (Å²) in [5.74, 6) is -1.17. The van der Waals surface area contributed by atoms with E-state index in [1.807, 2.05) is 30.3 Å². The fourth-order valence-electron chi connectivity index (χ4n) is 4.32. The molecule has 0 aliphatic heterocycles. The van der Waals surface area contributed by atoms with E-state index in [0.717, 1.165) is 17.7 Å². The van der Waals surface area contributed by atoms with Gasteiger partial charge in [0.2, 0.25) is 11.8 Å². The number of benzene rings is 3. The van der Waals surface area contributed by atoms with Crippen LogP contribution in [0.3, 0.4) is 0 Å². The molecule has 0 spiro atoms. The normalized spacial score (nSPS) is 12.4. The molecule has 0 aromatic heterocycles. The van der Waals surface area contributed by atoms with Gasteiger partial charge in [-0.2, -0.15) is 13.2 Å². The molecule has 12 heteroatoms. The first-order valence-electron chi connectivity index (χ1n) is 13.0. The number of hydrogen-bond donors (Lipinski definition) is 1. The van der Waals surface area contributed by atoms with E-state index in [0.29, 0.717) is 23.3 Å². The van der Waals surface area contributed by atoms with Crippen LogP contribution in [0.2, 0.25) is 5.02 Å². The molecule has 0 aliphatic rings. The summed E-state index contributed by atoms with van der Waals surface area (Å²) >= 11 is 5.79. The summed E-state index contributed by atoms with van der Waals surface area (Å²) in [7, 11) is -4.51. The van der Waals surface area contributed by atoms with E-state index < -0.39 is 56.9 Å². The molecular formula is C29H31ClF3N3O4S. The molecule has 3 rings (SSSR count). The van der Waals surface area contributed by atoms with Gasteiger partial charge in [-0.25, -0.2) is 8.42 Å². The Labute approximate surface area is 243 Å². The topological polar surface area (TPSA) is 86.8 Å². The van der Waals surface area contributed by atoms with Crippen LogP contribution >= 0.6 is 11.6 Å². The Balaban J connectivity index is 2.08. The Morgan fingerprint density at radius 1 is 0.951 bits per heavy atom. The van der Waals surface area contributed by atoms with Crippen LogP contribution in [-0.4, -0.2) is 50.8 Å². The number of alkyl halides is 3. The van der Waals surface area contributed by atoms with Crippen molar-refractivity contribution < 1.29 is 31.2 Å². The van der Waals surface area contributed by atoms with Crippen LogP contribution in [0.1, 0.15) is 31.4 Å². The lowest BCUT2D eigenvalue weighted by Gasteiger charge is -2.33. The third-order valence-electron chi connectivity index (χ3n) is 6.37. The maximum atomic E-state index is 13.9. The van der Waals surface area contributed by atoms with Crippen LogP contribution in [0.5, 0.6) is 0 Å². The van der Waals surface area contributed by atoms with Gasteiger partial charge in [-0.3, -0.25) is 13.9 Å². The fourth-order valence-corrected chi connectivity index (χ4v) is 5.97. The maximum absolute atomic E-state index is 13.9. The minimum absolute atomic E-state index is 0.0755. The summed E-state index contributed by atoms with van der Waals surface area (Å²) in [5.41, 5.74) is -0.752. The summed E-state index contributed by atoms with van der Waals surface area (Å²) in [4.78, 5) is 27.9. The van der Waals surface area contributed by atoms with Crippen LogP contribution < -0.4 is 9.62 Å². The van der Waals surface area contributed by atoms with Crippen molar-refractivity contribution in [1.82, 2.24) is 10.2 Å². The largest absolute Gasteiger partial charge is 0.417 e. The molecule has 2 amide bonds. The number of rotatable bonds is 12. The first kappa shape index (κ1) is 32.0. The fraction of sp³-hybridized carbons (Fsp3) is 0.310. The lowest BCUT2D eigenvalue weighted by molar-refractivity contribution is -0.139. The van der Waals surface area contributed by atoms with Gasteiger partial charge in [0.05, 0.1) is 21.2 Å². The highest BCUT2D eigenvalue weighted by molar-refractivity contribution is 7.92. The highest BCUT2D eigenvalue weighted by Crippen LogP contribution is 2.38. The molecule has 1 atom stereocenters. The molecule has 0 heterocycles. The van der Waals surface area contributed by atoms with Gasteiger partial charge in [-0.05, 0) is 55.7 Å². The van der Waals surface area contributed by atoms with E-state index in [4.69, 9.17) is 11.6 Å². The Hall–Kier alpha value is -3.57. The monoisotopic (exact) mass is 609 g/mol. The van der Waals surface area contributed by atoms with Crippen molar-refractivity contribution in [1.29, 1.82) is 0 Å². The van der Waals surface area contributed by atoms with Crippen molar-refractivity contribution in [2.75, 3.05) is 23.9 Å². The zero-order valence-corrected chi connectivity index (χ0v) is 24.1. The molecular weight excluding hydrogens is 579 g/mol. The Morgan fingerprint density at radius 3 is 2.12 bits per heavy atom. The van der Waals surface area contributed by atoms with E-state index in [1.165, 1.54) is 29.2 Å². The SMILES string of the molecule is CCNC(=O)[C@H](CC)N(CCc1ccccc1)C(=O)CN(c1ccc(Cl)c(C(F)(F)F)c1)S(=O)(=O)c1ccccc1. The molecule has 0 fully saturated rings. The van der Waals surface area contributed by atoms with Gasteiger partial charge in [0.1, 0.15) is 12.6 Å². The smallest absolute Gasteiger partial charge is 0.355 e. The number of amides is 2. The average Bonchev–Trinajstić information content (AvgIpc) is 2.94. The second-order valence-electron chi connectivity index (χ2n) is 9.13. The Morgan fingerprint density at radius 2 is 1.56 bits per heavy atom. The summed E-state index contributed by atoms with van der Waals surface area (Å²) < 4.78 is 69.2. The molecule has 0 saturated carbocycles. The minimum Gasteiger partial charge on any atom is -0.355 e. The molecule has 0 bridgehead atoms. The average molecular weight is 610 g/mol. The van der Waals surface area contributed by atoms with Gasteiger partial charge < -0.3 is 10.2 Å². The molecule has 220 valence electrons. The van der Waals surface area contributed by atoms with Crippen LogP contribution in [0, 0.1) is 0 Å². The zero-order valence-electron chi connectivity index (χ0n) is 22.6. The quantitative estimate of drug-likeness (QED) is 0.292. The van der Waals surface area contributed by atoms with E-state index in [2.05, 4.69) is 5.32 Å². The number of halogens is 4. The molecule has 41 heavy (non-hydrogen) atoms. The van der Waals surface area contributed by atoms with Crippen molar-refractivity contribution in [3.63, 3.8) is 0 Å². The Bertz CT molecular complexity index is 1440. The summed E-state index contributed by atoms with van der Waals surface area (Å²) in [6.07, 6.45) is -4.27. The number of likely N-dealkylation sites (N-methyl/N-ethyl adjacent to an activating group) is 1. The van der Waals surface area contributed by atoms with E-state index in [-0.39, 0.29) is 17.9 Å². The highest BCUT2D eigenvalue weighted by Gasteiger charge is 2.37. The van der Waals surface area contributed by atoms with Crippen LogP contribution in [-0.2, 0) is 32.2 Å².